The Morgan fingerprint density at radius 3 is 2.32 bits per heavy atom. The SMILES string of the molecule is COc1cc2c(cc1OC)CN(C(=O)COC(=O)c1ccc(C)cc1C)CC2. The molecule has 1 heterocycles. The number of ether oxygens (including phenoxy) is 3. The average Bonchev–Trinajstić information content (AvgIpc) is 2.70. The molecule has 0 radical (unpaired) electrons. The lowest BCUT2D eigenvalue weighted by Gasteiger charge is -2.29. The van der Waals surface area contributed by atoms with E-state index in [0.717, 1.165) is 22.3 Å². The van der Waals surface area contributed by atoms with E-state index in [1.54, 1.807) is 25.2 Å². The van der Waals surface area contributed by atoms with Gasteiger partial charge in [0, 0.05) is 13.1 Å². The van der Waals surface area contributed by atoms with Crippen molar-refractivity contribution in [3.05, 3.63) is 58.1 Å². The first kappa shape index (κ1) is 19.7. The maximum Gasteiger partial charge on any atom is 0.338 e. The van der Waals surface area contributed by atoms with Crippen molar-refractivity contribution in [2.75, 3.05) is 27.4 Å². The zero-order chi connectivity index (χ0) is 20.3. The normalized spacial score (nSPS) is 12.9. The van der Waals surface area contributed by atoms with Crippen LogP contribution in [-0.4, -0.2) is 44.1 Å². The minimum Gasteiger partial charge on any atom is -0.493 e. The lowest BCUT2D eigenvalue weighted by atomic mass is 9.99. The van der Waals surface area contributed by atoms with Crippen LogP contribution >= 0.6 is 0 Å². The summed E-state index contributed by atoms with van der Waals surface area (Å²) in [6.45, 7) is 4.58. The van der Waals surface area contributed by atoms with Gasteiger partial charge in [-0.2, -0.15) is 0 Å². The quantitative estimate of drug-likeness (QED) is 0.743. The number of methoxy groups -OCH3 is 2. The van der Waals surface area contributed by atoms with E-state index in [0.29, 0.717) is 36.6 Å². The van der Waals surface area contributed by atoms with E-state index in [4.69, 9.17) is 14.2 Å². The van der Waals surface area contributed by atoms with Crippen LogP contribution in [0.1, 0.15) is 32.6 Å². The molecule has 0 aromatic heterocycles. The first-order valence-electron chi connectivity index (χ1n) is 9.19. The van der Waals surface area contributed by atoms with Gasteiger partial charge in [0.15, 0.2) is 18.1 Å². The summed E-state index contributed by atoms with van der Waals surface area (Å²) in [6, 6.07) is 9.36. The highest BCUT2D eigenvalue weighted by atomic mass is 16.5. The Kier molecular flexibility index (Phi) is 5.87. The summed E-state index contributed by atoms with van der Waals surface area (Å²) >= 11 is 0. The summed E-state index contributed by atoms with van der Waals surface area (Å²) in [4.78, 5) is 26.5. The molecule has 2 aromatic carbocycles. The number of fused-ring (bicyclic) bond motifs is 1. The summed E-state index contributed by atoms with van der Waals surface area (Å²) in [5.74, 6) is 0.633. The van der Waals surface area contributed by atoms with Crippen LogP contribution in [0.15, 0.2) is 30.3 Å². The molecule has 6 nitrogen and oxygen atoms in total. The third-order valence-corrected chi connectivity index (χ3v) is 5.00. The van der Waals surface area contributed by atoms with Gasteiger partial charge in [-0.1, -0.05) is 17.7 Å². The van der Waals surface area contributed by atoms with Crippen molar-refractivity contribution in [2.45, 2.75) is 26.8 Å². The largest absolute Gasteiger partial charge is 0.493 e. The van der Waals surface area contributed by atoms with Crippen molar-refractivity contribution in [2.24, 2.45) is 0 Å². The molecule has 0 saturated heterocycles. The molecule has 3 rings (SSSR count). The van der Waals surface area contributed by atoms with Crippen LogP contribution in [0, 0.1) is 13.8 Å². The summed E-state index contributed by atoms with van der Waals surface area (Å²) in [7, 11) is 3.19. The number of carbonyl (C=O) groups excluding carboxylic acids is 2. The van der Waals surface area contributed by atoms with E-state index in [-0.39, 0.29) is 12.5 Å². The van der Waals surface area contributed by atoms with Crippen molar-refractivity contribution < 1.29 is 23.8 Å². The summed E-state index contributed by atoms with van der Waals surface area (Å²) in [5.41, 5.74) is 4.54. The van der Waals surface area contributed by atoms with Gasteiger partial charge in [-0.3, -0.25) is 4.79 Å². The highest BCUT2D eigenvalue weighted by molar-refractivity contribution is 5.92. The molecule has 0 N–H and O–H groups in total. The standard InChI is InChI=1S/C22H25NO5/c1-14-5-6-18(15(2)9-14)22(25)28-13-21(24)23-8-7-16-10-19(26-3)20(27-4)11-17(16)12-23/h5-6,9-11H,7-8,12-13H2,1-4H3. The molecular formula is C22H25NO5. The fourth-order valence-corrected chi connectivity index (χ4v) is 3.44. The number of benzene rings is 2. The van der Waals surface area contributed by atoms with Gasteiger partial charge in [-0.05, 0) is 55.2 Å². The summed E-state index contributed by atoms with van der Waals surface area (Å²) < 4.78 is 15.9. The van der Waals surface area contributed by atoms with Gasteiger partial charge in [0.05, 0.1) is 19.8 Å². The smallest absolute Gasteiger partial charge is 0.338 e. The number of esters is 1. The maximum atomic E-state index is 12.6. The molecule has 0 bridgehead atoms. The number of hydrogen-bond acceptors (Lipinski definition) is 5. The molecule has 2 aromatic rings. The van der Waals surface area contributed by atoms with Crippen molar-refractivity contribution in [3.8, 4) is 11.5 Å². The first-order chi connectivity index (χ1) is 13.4. The van der Waals surface area contributed by atoms with Crippen molar-refractivity contribution in [1.82, 2.24) is 4.90 Å². The van der Waals surface area contributed by atoms with Gasteiger partial charge in [-0.15, -0.1) is 0 Å². The second-order valence-corrected chi connectivity index (χ2v) is 6.94. The third-order valence-electron chi connectivity index (χ3n) is 5.00. The van der Waals surface area contributed by atoms with Crippen LogP contribution in [0.2, 0.25) is 0 Å². The minimum atomic E-state index is -0.477. The molecule has 1 amide bonds. The van der Waals surface area contributed by atoms with Crippen LogP contribution in [0.25, 0.3) is 0 Å². The van der Waals surface area contributed by atoms with Gasteiger partial charge in [0.1, 0.15) is 0 Å². The Labute approximate surface area is 165 Å². The molecule has 0 fully saturated rings. The molecule has 0 spiro atoms. The van der Waals surface area contributed by atoms with Gasteiger partial charge in [-0.25, -0.2) is 4.79 Å². The summed E-state index contributed by atoms with van der Waals surface area (Å²) in [5, 5.41) is 0. The number of carbonyl (C=O) groups is 2. The number of hydrogen-bond donors (Lipinski definition) is 0. The molecular weight excluding hydrogens is 358 g/mol. The Bertz CT molecular complexity index is 906. The highest BCUT2D eigenvalue weighted by Gasteiger charge is 2.24. The maximum absolute atomic E-state index is 12.6. The Morgan fingerprint density at radius 2 is 1.68 bits per heavy atom. The highest BCUT2D eigenvalue weighted by Crippen LogP contribution is 2.33. The predicted molar refractivity (Wildman–Crippen MR) is 105 cm³/mol. The number of aryl methyl sites for hydroxylation is 2. The fourth-order valence-electron chi connectivity index (χ4n) is 3.44. The lowest BCUT2D eigenvalue weighted by Crippen LogP contribution is -2.38. The average molecular weight is 383 g/mol. The molecule has 28 heavy (non-hydrogen) atoms. The Morgan fingerprint density at radius 1 is 1.00 bits per heavy atom. The zero-order valence-electron chi connectivity index (χ0n) is 16.7. The van der Waals surface area contributed by atoms with Crippen LogP contribution in [-0.2, 0) is 22.5 Å². The first-order valence-corrected chi connectivity index (χ1v) is 9.19. The van der Waals surface area contributed by atoms with E-state index in [9.17, 15) is 9.59 Å². The number of rotatable bonds is 5. The van der Waals surface area contributed by atoms with Crippen molar-refractivity contribution in [1.29, 1.82) is 0 Å². The second kappa shape index (κ2) is 8.33. The predicted octanol–water partition coefficient (Wildman–Crippen LogP) is 3.06. The van der Waals surface area contributed by atoms with E-state index < -0.39 is 5.97 Å². The van der Waals surface area contributed by atoms with Crippen LogP contribution in [0.4, 0.5) is 0 Å². The molecule has 0 saturated carbocycles. The monoisotopic (exact) mass is 383 g/mol. The number of amides is 1. The second-order valence-electron chi connectivity index (χ2n) is 6.94. The van der Waals surface area contributed by atoms with E-state index >= 15 is 0 Å². The van der Waals surface area contributed by atoms with Crippen LogP contribution in [0.5, 0.6) is 11.5 Å². The van der Waals surface area contributed by atoms with E-state index in [1.807, 2.05) is 38.1 Å². The molecule has 0 atom stereocenters. The van der Waals surface area contributed by atoms with Gasteiger partial charge >= 0.3 is 5.97 Å². The van der Waals surface area contributed by atoms with Crippen LogP contribution < -0.4 is 9.47 Å². The van der Waals surface area contributed by atoms with Gasteiger partial charge in [0.2, 0.25) is 0 Å². The van der Waals surface area contributed by atoms with E-state index in [2.05, 4.69) is 0 Å². The molecule has 0 aliphatic carbocycles. The summed E-state index contributed by atoms with van der Waals surface area (Å²) in [6.07, 6.45) is 0.715. The van der Waals surface area contributed by atoms with Crippen molar-refractivity contribution >= 4 is 11.9 Å². The lowest BCUT2D eigenvalue weighted by molar-refractivity contribution is -0.135. The van der Waals surface area contributed by atoms with Crippen LogP contribution in [0.3, 0.4) is 0 Å². The Balaban J connectivity index is 1.64. The Hall–Kier alpha value is -3.02. The number of nitrogens with zero attached hydrogens (tertiary/aromatic N) is 1. The van der Waals surface area contributed by atoms with Gasteiger partial charge in [0.25, 0.3) is 5.91 Å². The zero-order valence-corrected chi connectivity index (χ0v) is 16.7. The van der Waals surface area contributed by atoms with Crippen molar-refractivity contribution in [3.63, 3.8) is 0 Å². The molecule has 1 aliphatic heterocycles. The molecule has 148 valence electrons. The van der Waals surface area contributed by atoms with Gasteiger partial charge < -0.3 is 19.1 Å². The molecule has 6 heteroatoms. The molecule has 1 aliphatic rings. The topological polar surface area (TPSA) is 65.1 Å². The van der Waals surface area contributed by atoms with E-state index in [1.165, 1.54) is 0 Å². The molecule has 0 unspecified atom stereocenters. The third kappa shape index (κ3) is 4.11. The fraction of sp³-hybridized carbons (Fsp3) is 0.364. The minimum absolute atomic E-state index is 0.210.